The highest BCUT2D eigenvalue weighted by Gasteiger charge is 2.19. The monoisotopic (exact) mass is 257 g/mol. The van der Waals surface area contributed by atoms with Gasteiger partial charge in [0, 0.05) is 6.54 Å². The Hall–Kier alpha value is -1.98. The molecule has 1 atom stereocenters. The lowest BCUT2D eigenvalue weighted by molar-refractivity contribution is -0.146. The molecule has 4 nitrogen and oxygen atoms in total. The summed E-state index contributed by atoms with van der Waals surface area (Å²) in [6.07, 6.45) is 0.301. The Morgan fingerprint density at radius 1 is 1.33 bits per heavy atom. The highest BCUT2D eigenvalue weighted by molar-refractivity contribution is 5.96. The number of rotatable bonds is 5. The molecule has 0 radical (unpaired) electrons. The zero-order valence-corrected chi connectivity index (χ0v) is 9.74. The predicted octanol–water partition coefficient (Wildman–Crippen LogP) is 1.34. The Kier molecular flexibility index (Phi) is 4.76. The molecule has 1 rings (SSSR count). The van der Waals surface area contributed by atoms with Crippen LogP contribution < -0.4 is 5.32 Å². The Morgan fingerprint density at radius 2 is 2.00 bits per heavy atom. The highest BCUT2D eigenvalue weighted by atomic mass is 19.2. The molecule has 2 N–H and O–H groups in total. The van der Waals surface area contributed by atoms with E-state index < -0.39 is 29.4 Å². The number of aliphatic carboxylic acids is 1. The van der Waals surface area contributed by atoms with Gasteiger partial charge in [-0.2, -0.15) is 0 Å². The van der Waals surface area contributed by atoms with Gasteiger partial charge in [-0.05, 0) is 31.0 Å². The summed E-state index contributed by atoms with van der Waals surface area (Å²) in [6, 6.07) is 3.46. The van der Waals surface area contributed by atoms with Crippen molar-refractivity contribution in [1.29, 1.82) is 0 Å². The van der Waals surface area contributed by atoms with E-state index in [1.807, 2.05) is 0 Å². The minimum absolute atomic E-state index is 0.168. The molecule has 0 aliphatic rings. The third kappa shape index (κ3) is 3.80. The molecule has 0 saturated heterocycles. The first-order chi connectivity index (χ1) is 8.41. The minimum Gasteiger partial charge on any atom is -0.481 e. The zero-order valence-electron chi connectivity index (χ0n) is 9.74. The lowest BCUT2D eigenvalue weighted by Crippen LogP contribution is -2.34. The fourth-order valence-electron chi connectivity index (χ4n) is 1.29. The first-order valence-corrected chi connectivity index (χ1v) is 5.36. The molecule has 0 aliphatic heterocycles. The number of nitrogens with one attached hydrogen (secondary N) is 1. The summed E-state index contributed by atoms with van der Waals surface area (Å²) in [5.41, 5.74) is 0.525. The number of benzene rings is 1. The molecule has 1 aromatic rings. The van der Waals surface area contributed by atoms with E-state index in [-0.39, 0.29) is 6.54 Å². The van der Waals surface area contributed by atoms with Crippen molar-refractivity contribution in [2.24, 2.45) is 5.92 Å². The summed E-state index contributed by atoms with van der Waals surface area (Å²) in [5, 5.41) is 11.0. The third-order valence-corrected chi connectivity index (χ3v) is 2.46. The number of carbonyl (C=O) groups is 2. The second-order valence-electron chi connectivity index (χ2n) is 3.85. The van der Waals surface area contributed by atoms with Crippen molar-refractivity contribution in [2.75, 3.05) is 6.54 Å². The van der Waals surface area contributed by atoms with Crippen LogP contribution in [0.15, 0.2) is 18.2 Å². The Labute approximate surface area is 103 Å². The zero-order chi connectivity index (χ0) is 13.7. The van der Waals surface area contributed by atoms with Crippen LogP contribution in [0, 0.1) is 17.6 Å². The van der Waals surface area contributed by atoms with Crippen molar-refractivity contribution in [3.05, 3.63) is 35.4 Å². The second-order valence-corrected chi connectivity index (χ2v) is 3.85. The number of carbonyl (C=O) groups excluding carboxylic acids is 1. The summed E-state index contributed by atoms with van der Waals surface area (Å²) in [7, 11) is 0. The molecule has 0 fully saturated rings. The fourth-order valence-corrected chi connectivity index (χ4v) is 1.29. The number of carboxylic acids is 1. The van der Waals surface area contributed by atoms with Crippen LogP contribution >= 0.6 is 0 Å². The number of carboxylic acid groups (broad SMARTS) is 1. The van der Waals surface area contributed by atoms with E-state index in [0.717, 1.165) is 12.1 Å². The van der Waals surface area contributed by atoms with Crippen LogP contribution in [0.5, 0.6) is 0 Å². The Balaban J connectivity index is 2.44. The Morgan fingerprint density at radius 3 is 2.56 bits per heavy atom. The molecule has 6 heteroatoms. The minimum atomic E-state index is -1.21. The van der Waals surface area contributed by atoms with Crippen LogP contribution in [0.2, 0.25) is 0 Å². The number of hydrogen-bond acceptors (Lipinski definition) is 2. The highest BCUT2D eigenvalue weighted by Crippen LogP contribution is 2.08. The number of hydrogen-bond donors (Lipinski definition) is 2. The summed E-state index contributed by atoms with van der Waals surface area (Å²) in [6.45, 7) is 1.44. The standard InChI is InChI=1S/C12H13F2NO3/c1-7(12(17)18)11(16)15-5-4-8-2-3-9(13)10(14)6-8/h2-3,6-7H,4-5H2,1H3,(H,15,16)(H,17,18). The molecule has 0 heterocycles. The molecule has 1 amide bonds. The van der Waals surface area contributed by atoms with Crippen LogP contribution in [0.3, 0.4) is 0 Å². The van der Waals surface area contributed by atoms with Crippen LogP contribution in [0.4, 0.5) is 8.78 Å². The topological polar surface area (TPSA) is 66.4 Å². The molecule has 0 saturated carbocycles. The van der Waals surface area contributed by atoms with Crippen molar-refractivity contribution in [2.45, 2.75) is 13.3 Å². The molecule has 18 heavy (non-hydrogen) atoms. The van der Waals surface area contributed by atoms with Crippen molar-refractivity contribution in [3.8, 4) is 0 Å². The van der Waals surface area contributed by atoms with Crippen molar-refractivity contribution in [3.63, 3.8) is 0 Å². The summed E-state index contributed by atoms with van der Waals surface area (Å²) >= 11 is 0. The van der Waals surface area contributed by atoms with E-state index in [4.69, 9.17) is 5.11 Å². The molecule has 0 aromatic heterocycles. The summed E-state index contributed by atoms with van der Waals surface area (Å²) < 4.78 is 25.5. The molecule has 0 spiro atoms. The molecule has 0 aliphatic carbocycles. The van der Waals surface area contributed by atoms with Gasteiger partial charge in [0.05, 0.1) is 0 Å². The summed E-state index contributed by atoms with van der Waals surface area (Å²) in [4.78, 5) is 21.8. The first-order valence-electron chi connectivity index (χ1n) is 5.36. The average molecular weight is 257 g/mol. The number of amides is 1. The smallest absolute Gasteiger partial charge is 0.315 e. The molecule has 1 aromatic carbocycles. The van der Waals surface area contributed by atoms with Crippen molar-refractivity contribution in [1.82, 2.24) is 5.32 Å². The van der Waals surface area contributed by atoms with Crippen LogP contribution in [-0.2, 0) is 16.0 Å². The van der Waals surface area contributed by atoms with Gasteiger partial charge in [0.25, 0.3) is 0 Å². The van der Waals surface area contributed by atoms with Crippen molar-refractivity contribution >= 4 is 11.9 Å². The van der Waals surface area contributed by atoms with Gasteiger partial charge in [-0.15, -0.1) is 0 Å². The van der Waals surface area contributed by atoms with E-state index >= 15 is 0 Å². The quantitative estimate of drug-likeness (QED) is 0.782. The lowest BCUT2D eigenvalue weighted by Gasteiger charge is -2.08. The average Bonchev–Trinajstić information content (AvgIpc) is 2.32. The van der Waals surface area contributed by atoms with Crippen molar-refractivity contribution < 1.29 is 23.5 Å². The van der Waals surface area contributed by atoms with Gasteiger partial charge >= 0.3 is 5.97 Å². The maximum absolute atomic E-state index is 12.9. The summed E-state index contributed by atoms with van der Waals surface area (Å²) in [5.74, 6) is -4.82. The maximum atomic E-state index is 12.9. The predicted molar refractivity (Wildman–Crippen MR) is 59.9 cm³/mol. The molecular weight excluding hydrogens is 244 g/mol. The number of halogens is 2. The van der Waals surface area contributed by atoms with E-state index in [9.17, 15) is 18.4 Å². The SMILES string of the molecule is CC(C(=O)O)C(=O)NCCc1ccc(F)c(F)c1. The van der Waals surface area contributed by atoms with Gasteiger partial charge in [-0.25, -0.2) is 8.78 Å². The molecule has 98 valence electrons. The third-order valence-electron chi connectivity index (χ3n) is 2.46. The van der Waals surface area contributed by atoms with Crippen LogP contribution in [-0.4, -0.2) is 23.5 Å². The Bertz CT molecular complexity index is 463. The van der Waals surface area contributed by atoms with Gasteiger partial charge in [0.15, 0.2) is 11.6 Å². The van der Waals surface area contributed by atoms with E-state index in [2.05, 4.69) is 5.32 Å². The van der Waals surface area contributed by atoms with Gasteiger partial charge < -0.3 is 10.4 Å². The van der Waals surface area contributed by atoms with Gasteiger partial charge in [-0.1, -0.05) is 6.07 Å². The van der Waals surface area contributed by atoms with Gasteiger partial charge in [0.1, 0.15) is 5.92 Å². The molecule has 0 bridgehead atoms. The largest absolute Gasteiger partial charge is 0.481 e. The normalized spacial score (nSPS) is 11.9. The second kappa shape index (κ2) is 6.09. The van der Waals surface area contributed by atoms with E-state index in [1.165, 1.54) is 13.0 Å². The van der Waals surface area contributed by atoms with Crippen LogP contribution in [0.25, 0.3) is 0 Å². The molecular formula is C12H13F2NO3. The first kappa shape index (κ1) is 14.1. The molecule has 1 unspecified atom stereocenters. The van der Waals surface area contributed by atoms with Gasteiger partial charge in [-0.3, -0.25) is 9.59 Å². The lowest BCUT2D eigenvalue weighted by atomic mass is 10.1. The van der Waals surface area contributed by atoms with E-state index in [1.54, 1.807) is 0 Å². The van der Waals surface area contributed by atoms with Crippen LogP contribution in [0.1, 0.15) is 12.5 Å². The van der Waals surface area contributed by atoms with Gasteiger partial charge in [0.2, 0.25) is 5.91 Å². The van der Waals surface area contributed by atoms with E-state index in [0.29, 0.717) is 12.0 Å². The maximum Gasteiger partial charge on any atom is 0.315 e. The fraction of sp³-hybridized carbons (Fsp3) is 0.333.